The summed E-state index contributed by atoms with van der Waals surface area (Å²) in [7, 11) is 0. The van der Waals surface area contributed by atoms with E-state index < -0.39 is 24.5 Å². The monoisotopic (exact) mass is 222 g/mol. The van der Waals surface area contributed by atoms with Crippen molar-refractivity contribution in [3.8, 4) is 0 Å². The Bertz CT molecular complexity index is 346. The van der Waals surface area contributed by atoms with Gasteiger partial charge in [-0.2, -0.15) is 13.2 Å². The molecule has 0 aliphatic heterocycles. The van der Waals surface area contributed by atoms with Gasteiger partial charge in [0.2, 0.25) is 5.82 Å². The van der Waals surface area contributed by atoms with Crippen LogP contribution in [0.4, 0.5) is 13.2 Å². The summed E-state index contributed by atoms with van der Waals surface area (Å²) in [5, 5.41) is 0. The maximum absolute atomic E-state index is 12.3. The predicted molar refractivity (Wildman–Crippen MR) is 43.9 cm³/mol. The number of rotatable bonds is 3. The first-order valence-electron chi connectivity index (χ1n) is 4.19. The molecular formula is C8H9F3N2O2. The molecule has 1 heterocycles. The van der Waals surface area contributed by atoms with Gasteiger partial charge >= 0.3 is 12.1 Å². The maximum atomic E-state index is 12.3. The summed E-state index contributed by atoms with van der Waals surface area (Å²) >= 11 is 0. The summed E-state index contributed by atoms with van der Waals surface area (Å²) in [5.74, 6) is -1.82. The van der Waals surface area contributed by atoms with Gasteiger partial charge in [0, 0.05) is 12.4 Å². The third-order valence-corrected chi connectivity index (χ3v) is 1.57. The van der Waals surface area contributed by atoms with Crippen LogP contribution in [0.2, 0.25) is 0 Å². The highest BCUT2D eigenvalue weighted by molar-refractivity contribution is 5.69. The molecule has 0 saturated carbocycles. The molecule has 84 valence electrons. The summed E-state index contributed by atoms with van der Waals surface area (Å²) in [6.07, 6.45) is -2.49. The molecule has 0 fully saturated rings. The van der Waals surface area contributed by atoms with E-state index in [0.717, 1.165) is 12.4 Å². The number of halogens is 3. The minimum absolute atomic E-state index is 0.134. The van der Waals surface area contributed by atoms with Gasteiger partial charge in [-0.3, -0.25) is 4.79 Å². The third kappa shape index (κ3) is 2.97. The van der Waals surface area contributed by atoms with Gasteiger partial charge in [0.15, 0.2) is 0 Å². The van der Waals surface area contributed by atoms with Crippen LogP contribution in [0.5, 0.6) is 0 Å². The molecule has 0 unspecified atom stereocenters. The molecule has 0 amide bonds. The molecule has 4 nitrogen and oxygen atoms in total. The highest BCUT2D eigenvalue weighted by atomic mass is 19.4. The van der Waals surface area contributed by atoms with Gasteiger partial charge in [-0.05, 0) is 6.92 Å². The van der Waals surface area contributed by atoms with Crippen molar-refractivity contribution in [3.05, 3.63) is 18.2 Å². The van der Waals surface area contributed by atoms with Gasteiger partial charge in [-0.25, -0.2) is 4.98 Å². The number of nitrogens with zero attached hydrogens (tertiary/aromatic N) is 2. The van der Waals surface area contributed by atoms with Crippen LogP contribution in [0.1, 0.15) is 12.7 Å². The van der Waals surface area contributed by atoms with Crippen molar-refractivity contribution in [1.82, 2.24) is 9.55 Å². The Hall–Kier alpha value is -1.53. The van der Waals surface area contributed by atoms with Crippen molar-refractivity contribution in [3.63, 3.8) is 0 Å². The molecule has 1 aromatic heterocycles. The summed E-state index contributed by atoms with van der Waals surface area (Å²) in [6.45, 7) is 1.23. The fraction of sp³-hybridized carbons (Fsp3) is 0.500. The summed E-state index contributed by atoms with van der Waals surface area (Å²) in [6, 6.07) is 0. The number of carbonyl (C=O) groups excluding carboxylic acids is 1. The Morgan fingerprint density at radius 1 is 1.60 bits per heavy atom. The Labute approximate surface area is 83.7 Å². The van der Waals surface area contributed by atoms with E-state index in [4.69, 9.17) is 0 Å². The van der Waals surface area contributed by atoms with E-state index in [1.807, 2.05) is 0 Å². The first-order chi connectivity index (χ1) is 6.95. The van der Waals surface area contributed by atoms with Crippen LogP contribution in [0, 0.1) is 0 Å². The lowest BCUT2D eigenvalue weighted by Crippen LogP contribution is -2.20. The maximum Gasteiger partial charge on any atom is 0.449 e. The highest BCUT2D eigenvalue weighted by Gasteiger charge is 2.36. The second kappa shape index (κ2) is 4.33. The second-order valence-corrected chi connectivity index (χ2v) is 2.68. The lowest BCUT2D eigenvalue weighted by atomic mass is 10.5. The normalized spacial score (nSPS) is 11.5. The average Bonchev–Trinajstić information content (AvgIpc) is 2.51. The van der Waals surface area contributed by atoms with E-state index in [1.54, 1.807) is 6.92 Å². The highest BCUT2D eigenvalue weighted by Crippen LogP contribution is 2.27. The molecule has 0 aliphatic rings. The van der Waals surface area contributed by atoms with Gasteiger partial charge in [0.05, 0.1) is 6.61 Å². The standard InChI is InChI=1S/C8H9F3N2O2/c1-2-15-6(14)5-13-4-3-12-7(13)8(9,10)11/h3-4H,2,5H2,1H3. The molecule has 0 bridgehead atoms. The fourth-order valence-electron chi connectivity index (χ4n) is 1.04. The van der Waals surface area contributed by atoms with Crippen molar-refractivity contribution in [2.45, 2.75) is 19.6 Å². The van der Waals surface area contributed by atoms with Crippen LogP contribution >= 0.6 is 0 Å². The fourth-order valence-corrected chi connectivity index (χ4v) is 1.04. The van der Waals surface area contributed by atoms with E-state index in [2.05, 4.69) is 9.72 Å². The quantitative estimate of drug-likeness (QED) is 0.727. The van der Waals surface area contributed by atoms with E-state index >= 15 is 0 Å². The first kappa shape index (κ1) is 11.5. The van der Waals surface area contributed by atoms with Crippen LogP contribution in [-0.2, 0) is 22.3 Å². The molecule has 1 rings (SSSR count). The van der Waals surface area contributed by atoms with E-state index in [0.29, 0.717) is 4.57 Å². The minimum Gasteiger partial charge on any atom is -0.465 e. The number of aromatic nitrogens is 2. The predicted octanol–water partition coefficient (Wildman–Crippen LogP) is 1.47. The van der Waals surface area contributed by atoms with Crippen LogP contribution in [0.25, 0.3) is 0 Å². The molecule has 7 heteroatoms. The molecular weight excluding hydrogens is 213 g/mol. The van der Waals surface area contributed by atoms with Crippen LogP contribution in [0.3, 0.4) is 0 Å². The zero-order valence-corrected chi connectivity index (χ0v) is 7.91. The molecule has 0 aromatic carbocycles. The molecule has 0 atom stereocenters. The van der Waals surface area contributed by atoms with Gasteiger partial charge in [-0.15, -0.1) is 0 Å². The lowest BCUT2D eigenvalue weighted by molar-refractivity contribution is -0.150. The summed E-state index contributed by atoms with van der Waals surface area (Å²) < 4.78 is 42.1. The largest absolute Gasteiger partial charge is 0.465 e. The second-order valence-electron chi connectivity index (χ2n) is 2.68. The number of hydrogen-bond donors (Lipinski definition) is 0. The zero-order valence-electron chi connectivity index (χ0n) is 7.91. The van der Waals surface area contributed by atoms with Crippen molar-refractivity contribution in [2.24, 2.45) is 0 Å². The Balaban J connectivity index is 2.78. The molecule has 0 radical (unpaired) electrons. The molecule has 0 aliphatic carbocycles. The number of alkyl halides is 3. The number of ether oxygens (including phenoxy) is 1. The molecule has 0 N–H and O–H groups in total. The number of esters is 1. The number of hydrogen-bond acceptors (Lipinski definition) is 3. The van der Waals surface area contributed by atoms with Crippen molar-refractivity contribution in [1.29, 1.82) is 0 Å². The molecule has 0 spiro atoms. The minimum atomic E-state index is -4.56. The van der Waals surface area contributed by atoms with Crippen molar-refractivity contribution < 1.29 is 22.7 Å². The third-order valence-electron chi connectivity index (χ3n) is 1.57. The van der Waals surface area contributed by atoms with E-state index in [9.17, 15) is 18.0 Å². The first-order valence-corrected chi connectivity index (χ1v) is 4.19. The zero-order chi connectivity index (χ0) is 11.5. The molecule has 15 heavy (non-hydrogen) atoms. The van der Waals surface area contributed by atoms with E-state index in [1.165, 1.54) is 0 Å². The van der Waals surface area contributed by atoms with Gasteiger partial charge in [0.25, 0.3) is 0 Å². The van der Waals surface area contributed by atoms with Crippen LogP contribution in [0.15, 0.2) is 12.4 Å². The summed E-state index contributed by atoms with van der Waals surface area (Å²) in [4.78, 5) is 14.1. The van der Waals surface area contributed by atoms with Gasteiger partial charge in [0.1, 0.15) is 6.54 Å². The molecule has 1 aromatic rings. The van der Waals surface area contributed by atoms with Crippen LogP contribution < -0.4 is 0 Å². The smallest absolute Gasteiger partial charge is 0.449 e. The Morgan fingerprint density at radius 2 is 2.27 bits per heavy atom. The van der Waals surface area contributed by atoms with E-state index in [-0.39, 0.29) is 6.61 Å². The Kier molecular flexibility index (Phi) is 3.33. The van der Waals surface area contributed by atoms with Crippen LogP contribution in [-0.4, -0.2) is 22.1 Å². The number of imidazole rings is 1. The molecule has 0 saturated heterocycles. The SMILES string of the molecule is CCOC(=O)Cn1ccnc1C(F)(F)F. The van der Waals surface area contributed by atoms with Crippen molar-refractivity contribution in [2.75, 3.05) is 6.61 Å². The van der Waals surface area contributed by atoms with Crippen molar-refractivity contribution >= 4 is 5.97 Å². The number of carbonyl (C=O) groups is 1. The topological polar surface area (TPSA) is 44.1 Å². The van der Waals surface area contributed by atoms with Gasteiger partial charge < -0.3 is 9.30 Å². The van der Waals surface area contributed by atoms with Gasteiger partial charge in [-0.1, -0.05) is 0 Å². The Morgan fingerprint density at radius 3 is 2.80 bits per heavy atom. The summed E-state index contributed by atoms with van der Waals surface area (Å²) in [5.41, 5.74) is 0. The average molecular weight is 222 g/mol. The lowest BCUT2D eigenvalue weighted by Gasteiger charge is -2.09.